The maximum atomic E-state index is 12.7. The van der Waals surface area contributed by atoms with E-state index >= 15 is 0 Å². The highest BCUT2D eigenvalue weighted by atomic mass is 16.5. The van der Waals surface area contributed by atoms with Gasteiger partial charge in [0.1, 0.15) is 11.6 Å². The van der Waals surface area contributed by atoms with Crippen molar-refractivity contribution in [1.82, 2.24) is 24.3 Å². The van der Waals surface area contributed by atoms with E-state index < -0.39 is 0 Å². The van der Waals surface area contributed by atoms with Crippen LogP contribution >= 0.6 is 0 Å². The predicted molar refractivity (Wildman–Crippen MR) is 92.2 cm³/mol. The molecule has 0 bridgehead atoms. The minimum absolute atomic E-state index is 0.155. The summed E-state index contributed by atoms with van der Waals surface area (Å²) < 4.78 is 8.85. The number of nitrogens with zero attached hydrogens (tertiary/aromatic N) is 5. The van der Waals surface area contributed by atoms with E-state index in [-0.39, 0.29) is 11.7 Å². The van der Waals surface area contributed by atoms with Gasteiger partial charge in [-0.05, 0) is 31.4 Å². The van der Waals surface area contributed by atoms with E-state index in [2.05, 4.69) is 15.1 Å². The number of hydrogen-bond donors (Lipinski definition) is 0. The Bertz CT molecular complexity index is 960. The first-order chi connectivity index (χ1) is 12.2. The molecule has 0 spiro atoms. The molecule has 0 atom stereocenters. The molecular formula is C18H19N5O2. The van der Waals surface area contributed by atoms with E-state index in [0.29, 0.717) is 18.1 Å². The van der Waals surface area contributed by atoms with Crippen LogP contribution in [0.3, 0.4) is 0 Å². The molecule has 1 aliphatic heterocycles. The molecule has 1 aliphatic rings. The molecule has 128 valence electrons. The molecule has 4 rings (SSSR count). The molecule has 0 saturated carbocycles. The lowest BCUT2D eigenvalue weighted by Gasteiger charge is -2.07. The average Bonchev–Trinajstić information content (AvgIpc) is 2.80. The molecule has 0 saturated heterocycles. The van der Waals surface area contributed by atoms with Crippen LogP contribution in [-0.4, -0.2) is 24.3 Å². The van der Waals surface area contributed by atoms with Gasteiger partial charge in [-0.2, -0.15) is 9.67 Å². The Morgan fingerprint density at radius 1 is 1.12 bits per heavy atom. The molecule has 3 heterocycles. The Hall–Kier alpha value is -2.96. The molecular weight excluding hydrogens is 318 g/mol. The van der Waals surface area contributed by atoms with E-state index in [0.717, 1.165) is 37.1 Å². The van der Waals surface area contributed by atoms with Crippen molar-refractivity contribution in [3.63, 3.8) is 0 Å². The highest BCUT2D eigenvalue weighted by molar-refractivity contribution is 5.34. The SMILES string of the molecule is Cc1ccccc1Oc1nccc(-n2nc3n(c2=O)CCCCC3)n1. The van der Waals surface area contributed by atoms with Crippen molar-refractivity contribution in [1.29, 1.82) is 0 Å². The van der Waals surface area contributed by atoms with Crippen molar-refractivity contribution in [2.45, 2.75) is 39.2 Å². The summed E-state index contributed by atoms with van der Waals surface area (Å²) in [4.78, 5) is 21.2. The van der Waals surface area contributed by atoms with Crippen LogP contribution in [0.1, 0.15) is 30.7 Å². The Balaban J connectivity index is 1.68. The molecule has 7 nitrogen and oxygen atoms in total. The third-order valence-electron chi connectivity index (χ3n) is 4.35. The van der Waals surface area contributed by atoms with Gasteiger partial charge in [-0.15, -0.1) is 5.10 Å². The number of para-hydroxylation sites is 1. The first-order valence-corrected chi connectivity index (χ1v) is 8.48. The standard InChI is InChI=1S/C18H19N5O2/c1-13-7-4-5-8-14(13)25-17-19-11-10-15(20-17)23-18(24)22-12-6-2-3-9-16(22)21-23/h4-5,7-8,10-11H,2-3,6,9,12H2,1H3. The van der Waals surface area contributed by atoms with Crippen molar-refractivity contribution in [3.05, 3.63) is 58.4 Å². The van der Waals surface area contributed by atoms with Gasteiger partial charge in [0.25, 0.3) is 0 Å². The van der Waals surface area contributed by atoms with Crippen LogP contribution in [0.25, 0.3) is 5.82 Å². The van der Waals surface area contributed by atoms with Crippen LogP contribution in [0.4, 0.5) is 0 Å². The zero-order chi connectivity index (χ0) is 17.2. The van der Waals surface area contributed by atoms with E-state index in [4.69, 9.17) is 4.74 Å². The summed E-state index contributed by atoms with van der Waals surface area (Å²) in [6.45, 7) is 2.67. The number of fused-ring (bicyclic) bond motifs is 1. The summed E-state index contributed by atoms with van der Waals surface area (Å²) in [7, 11) is 0. The van der Waals surface area contributed by atoms with Crippen molar-refractivity contribution in [3.8, 4) is 17.6 Å². The fraction of sp³-hybridized carbons (Fsp3) is 0.333. The van der Waals surface area contributed by atoms with Crippen molar-refractivity contribution < 1.29 is 4.74 Å². The van der Waals surface area contributed by atoms with Crippen molar-refractivity contribution in [2.75, 3.05) is 0 Å². The normalized spacial score (nSPS) is 14.0. The van der Waals surface area contributed by atoms with E-state index in [1.165, 1.54) is 4.68 Å². The van der Waals surface area contributed by atoms with Gasteiger partial charge >= 0.3 is 11.7 Å². The van der Waals surface area contributed by atoms with Crippen LogP contribution in [0.5, 0.6) is 11.8 Å². The monoisotopic (exact) mass is 337 g/mol. The molecule has 0 radical (unpaired) electrons. The molecule has 1 aromatic carbocycles. The minimum atomic E-state index is -0.155. The van der Waals surface area contributed by atoms with Gasteiger partial charge in [-0.1, -0.05) is 24.6 Å². The molecule has 25 heavy (non-hydrogen) atoms. The van der Waals surface area contributed by atoms with Gasteiger partial charge in [0.05, 0.1) is 0 Å². The van der Waals surface area contributed by atoms with Gasteiger partial charge in [-0.3, -0.25) is 4.57 Å². The van der Waals surface area contributed by atoms with Gasteiger partial charge in [0, 0.05) is 25.2 Å². The van der Waals surface area contributed by atoms with Gasteiger partial charge < -0.3 is 4.74 Å². The quantitative estimate of drug-likeness (QED) is 0.734. The summed E-state index contributed by atoms with van der Waals surface area (Å²) in [5, 5.41) is 4.47. The number of aromatic nitrogens is 5. The highest BCUT2D eigenvalue weighted by Crippen LogP contribution is 2.22. The Morgan fingerprint density at radius 3 is 2.88 bits per heavy atom. The molecule has 2 aromatic heterocycles. The highest BCUT2D eigenvalue weighted by Gasteiger charge is 2.17. The summed E-state index contributed by atoms with van der Waals surface area (Å²) in [5.41, 5.74) is 0.833. The zero-order valence-electron chi connectivity index (χ0n) is 14.1. The van der Waals surface area contributed by atoms with Gasteiger partial charge in [-0.25, -0.2) is 9.78 Å². The number of aryl methyl sites for hydroxylation is 2. The van der Waals surface area contributed by atoms with Crippen LogP contribution < -0.4 is 10.4 Å². The number of hydrogen-bond acceptors (Lipinski definition) is 5. The second kappa shape index (κ2) is 6.51. The number of rotatable bonds is 3. The molecule has 0 aliphatic carbocycles. The van der Waals surface area contributed by atoms with E-state index in [1.807, 2.05) is 31.2 Å². The van der Waals surface area contributed by atoms with Crippen molar-refractivity contribution >= 4 is 0 Å². The second-order valence-corrected chi connectivity index (χ2v) is 6.14. The van der Waals surface area contributed by atoms with Crippen LogP contribution in [0.2, 0.25) is 0 Å². The molecule has 0 N–H and O–H groups in total. The topological polar surface area (TPSA) is 74.8 Å². The summed E-state index contributed by atoms with van der Waals surface area (Å²) >= 11 is 0. The molecule has 0 unspecified atom stereocenters. The molecule has 0 fully saturated rings. The van der Waals surface area contributed by atoms with Crippen molar-refractivity contribution in [2.24, 2.45) is 0 Å². The lowest BCUT2D eigenvalue weighted by molar-refractivity contribution is 0.437. The fourth-order valence-corrected chi connectivity index (χ4v) is 2.99. The third kappa shape index (κ3) is 3.05. The Labute approximate surface area is 144 Å². The second-order valence-electron chi connectivity index (χ2n) is 6.14. The van der Waals surface area contributed by atoms with E-state index in [9.17, 15) is 4.79 Å². The lowest BCUT2D eigenvalue weighted by Crippen LogP contribution is -2.24. The minimum Gasteiger partial charge on any atom is -0.424 e. The Morgan fingerprint density at radius 2 is 2.00 bits per heavy atom. The summed E-state index contributed by atoms with van der Waals surface area (Å²) in [6.07, 6.45) is 5.59. The third-order valence-corrected chi connectivity index (χ3v) is 4.35. The maximum absolute atomic E-state index is 12.7. The van der Waals surface area contributed by atoms with Crippen LogP contribution in [-0.2, 0) is 13.0 Å². The van der Waals surface area contributed by atoms with E-state index in [1.54, 1.807) is 16.8 Å². The maximum Gasteiger partial charge on any atom is 0.352 e. The lowest BCUT2D eigenvalue weighted by atomic mass is 10.2. The summed E-state index contributed by atoms with van der Waals surface area (Å²) in [5.74, 6) is 1.93. The van der Waals surface area contributed by atoms with Gasteiger partial charge in [0.2, 0.25) is 0 Å². The number of ether oxygens (including phenoxy) is 1. The predicted octanol–water partition coefficient (Wildman–Crippen LogP) is 2.65. The fourth-order valence-electron chi connectivity index (χ4n) is 2.99. The largest absolute Gasteiger partial charge is 0.424 e. The van der Waals surface area contributed by atoms with Crippen LogP contribution in [0, 0.1) is 6.92 Å². The first-order valence-electron chi connectivity index (χ1n) is 8.48. The number of benzene rings is 1. The zero-order valence-corrected chi connectivity index (χ0v) is 14.1. The molecule has 7 heteroatoms. The van der Waals surface area contributed by atoms with Gasteiger partial charge in [0.15, 0.2) is 5.82 Å². The molecule has 0 amide bonds. The molecule has 3 aromatic rings. The first kappa shape index (κ1) is 15.6. The van der Waals surface area contributed by atoms with Crippen LogP contribution in [0.15, 0.2) is 41.3 Å². The smallest absolute Gasteiger partial charge is 0.352 e. The Kier molecular flexibility index (Phi) is 4.05. The average molecular weight is 337 g/mol. The summed E-state index contributed by atoms with van der Waals surface area (Å²) in [6, 6.07) is 9.51.